The number of fused-ring (bicyclic) bond motifs is 7. The van der Waals surface area contributed by atoms with Crippen LogP contribution in [0.25, 0.3) is 28.2 Å². The average Bonchev–Trinajstić information content (AvgIpc) is 3.07. The molecule has 0 aliphatic carbocycles. The lowest BCUT2D eigenvalue weighted by molar-refractivity contribution is -0.484. The van der Waals surface area contributed by atoms with Crippen molar-refractivity contribution in [2.45, 2.75) is 6.54 Å². The summed E-state index contributed by atoms with van der Waals surface area (Å²) in [6.07, 6.45) is 5.70. The largest absolute Gasteiger partial charge is 0.468 e. The summed E-state index contributed by atoms with van der Waals surface area (Å²) in [7, 11) is 0. The number of aromatic nitrogens is 3. The molecule has 4 heterocycles. The van der Waals surface area contributed by atoms with E-state index in [2.05, 4.69) is 44.4 Å². The van der Waals surface area contributed by atoms with Crippen molar-refractivity contribution in [2.75, 3.05) is 0 Å². The molecule has 0 unspecified atom stereocenters. The first-order chi connectivity index (χ1) is 9.42. The van der Waals surface area contributed by atoms with Gasteiger partial charge >= 0.3 is 5.84 Å². The lowest BCUT2D eigenvalue weighted by atomic mass is 10.1. The molecule has 4 heteroatoms. The third kappa shape index (κ3) is 1.04. The van der Waals surface area contributed by atoms with Crippen molar-refractivity contribution >= 4 is 16.9 Å². The van der Waals surface area contributed by atoms with Crippen LogP contribution in [-0.2, 0) is 6.54 Å². The third-order valence-electron chi connectivity index (χ3n) is 3.82. The van der Waals surface area contributed by atoms with E-state index in [0.29, 0.717) is 0 Å². The van der Waals surface area contributed by atoms with Gasteiger partial charge in [0.05, 0.1) is 6.20 Å². The van der Waals surface area contributed by atoms with Crippen LogP contribution in [-0.4, -0.2) is 9.55 Å². The first-order valence-corrected chi connectivity index (χ1v) is 6.27. The minimum Gasteiger partial charge on any atom is -0.385 e. The maximum Gasteiger partial charge on any atom is 0.468 e. The van der Waals surface area contributed by atoms with Crippen molar-refractivity contribution in [3.05, 3.63) is 54.5 Å². The minimum absolute atomic E-state index is 0.823. The lowest BCUT2D eigenvalue weighted by Gasteiger charge is -1.91. The van der Waals surface area contributed by atoms with Gasteiger partial charge in [-0.15, -0.1) is 0 Å². The first kappa shape index (κ1) is 9.33. The number of rotatable bonds is 0. The zero-order valence-electron chi connectivity index (χ0n) is 10.1. The van der Waals surface area contributed by atoms with Crippen LogP contribution < -0.4 is 4.40 Å². The molecule has 3 aromatic heterocycles. The quantitative estimate of drug-likeness (QED) is 0.394. The Morgan fingerprint density at radius 1 is 1.21 bits per heavy atom. The van der Waals surface area contributed by atoms with Gasteiger partial charge in [-0.1, -0.05) is 24.3 Å². The summed E-state index contributed by atoms with van der Waals surface area (Å²) in [5.74, 6) is 0.870. The molecule has 4 nitrogen and oxygen atoms in total. The molecule has 0 fully saturated rings. The summed E-state index contributed by atoms with van der Waals surface area (Å²) in [6.45, 7) is 0.870. The van der Waals surface area contributed by atoms with Gasteiger partial charge in [0.2, 0.25) is 5.58 Å². The standard InChI is InChI=1S/C15H10N3O/c1-2-4-11-10(3-1)8-17-13(11)9-18-12-5-6-16-7-14(12)19-15(17)18/h1-7,9H,8H2/q+1. The zero-order chi connectivity index (χ0) is 12.4. The van der Waals surface area contributed by atoms with Crippen LogP contribution in [0.2, 0.25) is 0 Å². The zero-order valence-corrected chi connectivity index (χ0v) is 10.1. The van der Waals surface area contributed by atoms with Crippen LogP contribution in [0.5, 0.6) is 0 Å². The van der Waals surface area contributed by atoms with Crippen molar-refractivity contribution in [3.63, 3.8) is 0 Å². The Balaban J connectivity index is 1.93. The number of nitrogens with zero attached hydrogens (tertiary/aromatic N) is 3. The smallest absolute Gasteiger partial charge is 0.385 e. The Kier molecular flexibility index (Phi) is 1.49. The van der Waals surface area contributed by atoms with Gasteiger partial charge in [0, 0.05) is 23.4 Å². The highest BCUT2D eigenvalue weighted by Crippen LogP contribution is 2.33. The molecule has 0 atom stereocenters. The summed E-state index contributed by atoms with van der Waals surface area (Å²) in [6, 6.07) is 10.5. The average molecular weight is 248 g/mol. The fourth-order valence-corrected chi connectivity index (χ4v) is 2.95. The van der Waals surface area contributed by atoms with Crippen LogP contribution in [0, 0.1) is 0 Å². The van der Waals surface area contributed by atoms with Gasteiger partial charge in [0.25, 0.3) is 0 Å². The molecule has 90 valence electrons. The second kappa shape index (κ2) is 3.03. The molecule has 1 aromatic carbocycles. The summed E-state index contributed by atoms with van der Waals surface area (Å²) in [4.78, 5) is 4.10. The monoisotopic (exact) mass is 248 g/mol. The first-order valence-electron chi connectivity index (χ1n) is 6.27. The summed E-state index contributed by atoms with van der Waals surface area (Å²) in [5, 5.41) is 0. The highest BCUT2D eigenvalue weighted by molar-refractivity contribution is 5.73. The molecule has 19 heavy (non-hydrogen) atoms. The number of imidazole rings is 1. The second-order valence-electron chi connectivity index (χ2n) is 4.86. The Labute approximate surface area is 108 Å². The lowest BCUT2D eigenvalue weighted by Crippen LogP contribution is -2.16. The highest BCUT2D eigenvalue weighted by Gasteiger charge is 2.31. The molecule has 0 saturated carbocycles. The van der Waals surface area contributed by atoms with E-state index >= 15 is 0 Å². The van der Waals surface area contributed by atoms with Crippen LogP contribution >= 0.6 is 0 Å². The van der Waals surface area contributed by atoms with E-state index in [9.17, 15) is 0 Å². The molecular weight excluding hydrogens is 238 g/mol. The maximum absolute atomic E-state index is 5.93. The second-order valence-corrected chi connectivity index (χ2v) is 4.86. The summed E-state index contributed by atoms with van der Waals surface area (Å²) >= 11 is 0. The van der Waals surface area contributed by atoms with Crippen molar-refractivity contribution in [2.24, 2.45) is 0 Å². The van der Waals surface area contributed by atoms with Crippen LogP contribution in [0.15, 0.2) is 53.3 Å². The van der Waals surface area contributed by atoms with Crippen molar-refractivity contribution in [1.82, 2.24) is 9.55 Å². The summed E-state index contributed by atoms with van der Waals surface area (Å²) < 4.78 is 10.2. The number of hydrogen-bond donors (Lipinski definition) is 0. The molecule has 0 amide bonds. The van der Waals surface area contributed by atoms with E-state index in [1.807, 2.05) is 6.07 Å². The van der Waals surface area contributed by atoms with E-state index in [-0.39, 0.29) is 0 Å². The Morgan fingerprint density at radius 2 is 2.16 bits per heavy atom. The molecule has 0 bridgehead atoms. The molecular formula is C15H10N3O+. The molecule has 0 N–H and O–H groups in total. The fourth-order valence-electron chi connectivity index (χ4n) is 2.95. The summed E-state index contributed by atoms with van der Waals surface area (Å²) in [5.41, 5.74) is 5.74. The molecule has 1 aliphatic heterocycles. The van der Waals surface area contributed by atoms with Gasteiger partial charge in [-0.25, -0.2) is 0 Å². The molecule has 0 saturated heterocycles. The van der Waals surface area contributed by atoms with Gasteiger partial charge in [0.1, 0.15) is 12.7 Å². The van der Waals surface area contributed by atoms with E-state index in [1.165, 1.54) is 16.8 Å². The number of oxazole rings is 1. The molecule has 0 spiro atoms. The number of benzene rings is 1. The minimum atomic E-state index is 0.823. The maximum atomic E-state index is 5.93. The van der Waals surface area contributed by atoms with Gasteiger partial charge < -0.3 is 4.42 Å². The van der Waals surface area contributed by atoms with Gasteiger partial charge in [0.15, 0.2) is 11.2 Å². The van der Waals surface area contributed by atoms with Crippen LogP contribution in [0.1, 0.15) is 5.56 Å². The molecule has 1 aliphatic rings. The van der Waals surface area contributed by atoms with E-state index < -0.39 is 0 Å². The topological polar surface area (TPSA) is 35.1 Å². The van der Waals surface area contributed by atoms with E-state index in [4.69, 9.17) is 4.42 Å². The SMILES string of the molecule is c1ccc2c(c1)Cn1c-2c[n+]2c3ccncc3oc12. The van der Waals surface area contributed by atoms with Crippen molar-refractivity contribution in [1.29, 1.82) is 0 Å². The van der Waals surface area contributed by atoms with Crippen LogP contribution in [0.3, 0.4) is 0 Å². The third-order valence-corrected chi connectivity index (χ3v) is 3.82. The number of pyridine rings is 1. The van der Waals surface area contributed by atoms with Crippen molar-refractivity contribution in [3.8, 4) is 11.3 Å². The Bertz CT molecular complexity index is 949. The Hall–Kier alpha value is -2.62. The predicted octanol–water partition coefficient (Wildman–Crippen LogP) is 2.40. The van der Waals surface area contributed by atoms with E-state index in [0.717, 1.165) is 23.5 Å². The van der Waals surface area contributed by atoms with Crippen molar-refractivity contribution < 1.29 is 8.82 Å². The van der Waals surface area contributed by atoms with Crippen LogP contribution in [0.4, 0.5) is 0 Å². The Morgan fingerprint density at radius 3 is 3.16 bits per heavy atom. The molecule has 5 rings (SSSR count). The molecule has 0 radical (unpaired) electrons. The number of hydrogen-bond acceptors (Lipinski definition) is 2. The van der Waals surface area contributed by atoms with Gasteiger partial charge in [-0.3, -0.25) is 4.98 Å². The fraction of sp³-hybridized carbons (Fsp3) is 0.0667. The predicted molar refractivity (Wildman–Crippen MR) is 69.7 cm³/mol. The van der Waals surface area contributed by atoms with E-state index in [1.54, 1.807) is 12.4 Å². The normalized spacial score (nSPS) is 13.1. The molecule has 4 aromatic rings. The van der Waals surface area contributed by atoms with Gasteiger partial charge in [-0.2, -0.15) is 8.97 Å². The van der Waals surface area contributed by atoms with Gasteiger partial charge in [-0.05, 0) is 0 Å². The highest BCUT2D eigenvalue weighted by atomic mass is 16.4.